The fourth-order valence-electron chi connectivity index (χ4n) is 4.16. The van der Waals surface area contributed by atoms with E-state index in [1.807, 2.05) is 18.2 Å². The molecule has 0 saturated carbocycles. The summed E-state index contributed by atoms with van der Waals surface area (Å²) in [5, 5.41) is 3.09. The average molecular weight is 423 g/mol. The molecule has 0 unspecified atom stereocenters. The summed E-state index contributed by atoms with van der Waals surface area (Å²) in [4.78, 5) is 20.1. The van der Waals surface area contributed by atoms with Gasteiger partial charge in [0.2, 0.25) is 0 Å². The summed E-state index contributed by atoms with van der Waals surface area (Å²) in [6.07, 6.45) is 0. The van der Waals surface area contributed by atoms with Gasteiger partial charge in [-0.1, -0.05) is 26.0 Å². The minimum Gasteiger partial charge on any atom is -0.369 e. The summed E-state index contributed by atoms with van der Waals surface area (Å²) in [6, 6.07) is 14.8. The third-order valence-corrected chi connectivity index (χ3v) is 6.38. The van der Waals surface area contributed by atoms with Crippen LogP contribution in [-0.2, 0) is 6.54 Å². The van der Waals surface area contributed by atoms with Crippen LogP contribution < -0.4 is 10.2 Å². The van der Waals surface area contributed by atoms with Gasteiger partial charge in [0.15, 0.2) is 0 Å². The molecule has 0 aromatic heterocycles. The van der Waals surface area contributed by atoms with E-state index < -0.39 is 0 Å². The number of carbonyl (C=O) groups is 1. The third-order valence-electron chi connectivity index (χ3n) is 6.38. The second kappa shape index (κ2) is 10.8. The molecular formula is C26H38N4O. The summed E-state index contributed by atoms with van der Waals surface area (Å²) >= 11 is 0. The van der Waals surface area contributed by atoms with Gasteiger partial charge in [-0.05, 0) is 75.3 Å². The van der Waals surface area contributed by atoms with Crippen molar-refractivity contribution in [2.24, 2.45) is 0 Å². The fraction of sp³-hybridized carbons (Fsp3) is 0.500. The summed E-state index contributed by atoms with van der Waals surface area (Å²) in [7, 11) is 0. The van der Waals surface area contributed by atoms with Crippen LogP contribution in [0.25, 0.3) is 0 Å². The third kappa shape index (κ3) is 6.08. The highest BCUT2D eigenvalue weighted by molar-refractivity contribution is 6.04. The molecule has 0 bridgehead atoms. The maximum atomic E-state index is 12.8. The molecule has 2 aromatic carbocycles. The maximum absolute atomic E-state index is 12.8. The Morgan fingerprint density at radius 2 is 1.71 bits per heavy atom. The molecule has 5 heteroatoms. The SMILES string of the molecule is CCN1CCN(c2ccc(NC(=O)c3ccc(CN(CC)C(C)C)cc3)c(C)c2)CC1. The second-order valence-electron chi connectivity index (χ2n) is 8.73. The number of hydrogen-bond donors (Lipinski definition) is 1. The summed E-state index contributed by atoms with van der Waals surface area (Å²) in [6.45, 7) is 18.3. The zero-order valence-corrected chi connectivity index (χ0v) is 19.8. The van der Waals surface area contributed by atoms with Crippen LogP contribution in [0.1, 0.15) is 49.2 Å². The molecule has 168 valence electrons. The molecular weight excluding hydrogens is 384 g/mol. The number of hydrogen-bond acceptors (Lipinski definition) is 4. The van der Waals surface area contributed by atoms with E-state index in [4.69, 9.17) is 0 Å². The Hall–Kier alpha value is -2.37. The van der Waals surface area contributed by atoms with Gasteiger partial charge in [-0.3, -0.25) is 9.69 Å². The highest BCUT2D eigenvalue weighted by Gasteiger charge is 2.17. The van der Waals surface area contributed by atoms with Crippen molar-refractivity contribution in [1.82, 2.24) is 9.80 Å². The maximum Gasteiger partial charge on any atom is 0.255 e. The smallest absolute Gasteiger partial charge is 0.255 e. The number of likely N-dealkylation sites (N-methyl/N-ethyl adjacent to an activating group) is 1. The second-order valence-corrected chi connectivity index (χ2v) is 8.73. The lowest BCUT2D eigenvalue weighted by molar-refractivity contribution is 0.102. The van der Waals surface area contributed by atoms with E-state index in [9.17, 15) is 4.79 Å². The largest absolute Gasteiger partial charge is 0.369 e. The Morgan fingerprint density at radius 3 is 2.26 bits per heavy atom. The molecule has 1 aliphatic rings. The van der Waals surface area contributed by atoms with Crippen LogP contribution in [0.5, 0.6) is 0 Å². The van der Waals surface area contributed by atoms with Crippen LogP contribution >= 0.6 is 0 Å². The van der Waals surface area contributed by atoms with Crippen molar-refractivity contribution in [2.45, 2.75) is 47.2 Å². The van der Waals surface area contributed by atoms with Crippen LogP contribution in [0.3, 0.4) is 0 Å². The van der Waals surface area contributed by atoms with E-state index in [-0.39, 0.29) is 5.91 Å². The Balaban J connectivity index is 1.61. The number of nitrogens with one attached hydrogen (secondary N) is 1. The molecule has 3 rings (SSSR count). The molecule has 1 heterocycles. The molecule has 0 aliphatic carbocycles. The van der Waals surface area contributed by atoms with E-state index in [2.05, 4.69) is 78.9 Å². The Kier molecular flexibility index (Phi) is 8.10. The fourth-order valence-corrected chi connectivity index (χ4v) is 4.16. The summed E-state index contributed by atoms with van der Waals surface area (Å²) < 4.78 is 0. The van der Waals surface area contributed by atoms with Gasteiger partial charge in [0.1, 0.15) is 0 Å². The molecule has 5 nitrogen and oxygen atoms in total. The quantitative estimate of drug-likeness (QED) is 0.674. The topological polar surface area (TPSA) is 38.8 Å². The number of piperazine rings is 1. The standard InChI is InChI=1S/C26H38N4O/c1-6-28-14-16-30(17-15-28)24-12-13-25(21(5)18-24)27-26(31)23-10-8-22(9-11-23)19-29(7-2)20(3)4/h8-13,18,20H,6-7,14-17,19H2,1-5H3,(H,27,31). The zero-order valence-electron chi connectivity index (χ0n) is 19.8. The average Bonchev–Trinajstić information content (AvgIpc) is 2.79. The number of carbonyl (C=O) groups excluding carboxylic acids is 1. The molecule has 31 heavy (non-hydrogen) atoms. The van der Waals surface area contributed by atoms with Gasteiger partial charge in [-0.25, -0.2) is 0 Å². The van der Waals surface area contributed by atoms with Crippen LogP contribution in [0.2, 0.25) is 0 Å². The van der Waals surface area contributed by atoms with Crippen LogP contribution in [0.4, 0.5) is 11.4 Å². The lowest BCUT2D eigenvalue weighted by Gasteiger charge is -2.35. The van der Waals surface area contributed by atoms with Crippen LogP contribution in [0.15, 0.2) is 42.5 Å². The predicted octanol–water partition coefficient (Wildman–Crippen LogP) is 4.62. The van der Waals surface area contributed by atoms with Crippen molar-refractivity contribution in [1.29, 1.82) is 0 Å². The summed E-state index contributed by atoms with van der Waals surface area (Å²) in [5.74, 6) is -0.0600. The van der Waals surface area contributed by atoms with Gasteiger partial charge < -0.3 is 15.1 Å². The predicted molar refractivity (Wildman–Crippen MR) is 131 cm³/mol. The van der Waals surface area contributed by atoms with Gasteiger partial charge in [-0.2, -0.15) is 0 Å². The molecule has 1 N–H and O–H groups in total. The Morgan fingerprint density at radius 1 is 1.03 bits per heavy atom. The number of aryl methyl sites for hydroxylation is 1. The zero-order chi connectivity index (χ0) is 22.4. The Labute approximate surface area is 188 Å². The number of anilines is 2. The van der Waals surface area contributed by atoms with Gasteiger partial charge in [0, 0.05) is 55.7 Å². The number of rotatable bonds is 8. The molecule has 2 aromatic rings. The van der Waals surface area contributed by atoms with Crippen molar-refractivity contribution in [3.8, 4) is 0 Å². The first-order chi connectivity index (χ1) is 14.9. The molecule has 1 fully saturated rings. The first-order valence-corrected chi connectivity index (χ1v) is 11.6. The molecule has 0 spiro atoms. The molecule has 1 amide bonds. The molecule has 0 atom stereocenters. The van der Waals surface area contributed by atoms with Crippen molar-refractivity contribution in [2.75, 3.05) is 49.5 Å². The first-order valence-electron chi connectivity index (χ1n) is 11.6. The van der Waals surface area contributed by atoms with E-state index in [0.717, 1.165) is 57.1 Å². The normalized spacial score (nSPS) is 15.0. The highest BCUT2D eigenvalue weighted by atomic mass is 16.1. The minimum absolute atomic E-state index is 0.0600. The highest BCUT2D eigenvalue weighted by Crippen LogP contribution is 2.24. The number of benzene rings is 2. The van der Waals surface area contributed by atoms with E-state index in [1.165, 1.54) is 11.3 Å². The minimum atomic E-state index is -0.0600. The first kappa shape index (κ1) is 23.3. The van der Waals surface area contributed by atoms with E-state index in [1.54, 1.807) is 0 Å². The lowest BCUT2D eigenvalue weighted by atomic mass is 10.1. The molecule has 0 radical (unpaired) electrons. The number of amides is 1. The Bertz CT molecular complexity index is 854. The summed E-state index contributed by atoms with van der Waals surface area (Å²) in [5.41, 5.74) is 5.13. The number of nitrogens with zero attached hydrogens (tertiary/aromatic N) is 3. The van der Waals surface area contributed by atoms with Crippen molar-refractivity contribution < 1.29 is 4.79 Å². The van der Waals surface area contributed by atoms with Crippen molar-refractivity contribution in [3.63, 3.8) is 0 Å². The monoisotopic (exact) mass is 422 g/mol. The lowest BCUT2D eigenvalue weighted by Crippen LogP contribution is -2.46. The van der Waals surface area contributed by atoms with Crippen molar-refractivity contribution in [3.05, 3.63) is 59.2 Å². The van der Waals surface area contributed by atoms with E-state index >= 15 is 0 Å². The van der Waals surface area contributed by atoms with Crippen LogP contribution in [0, 0.1) is 6.92 Å². The molecule has 1 saturated heterocycles. The van der Waals surface area contributed by atoms with Gasteiger partial charge in [0.05, 0.1) is 0 Å². The van der Waals surface area contributed by atoms with Gasteiger partial charge in [-0.15, -0.1) is 0 Å². The van der Waals surface area contributed by atoms with Gasteiger partial charge >= 0.3 is 0 Å². The molecule has 1 aliphatic heterocycles. The van der Waals surface area contributed by atoms with E-state index in [0.29, 0.717) is 11.6 Å². The van der Waals surface area contributed by atoms with Gasteiger partial charge in [0.25, 0.3) is 5.91 Å². The van der Waals surface area contributed by atoms with Crippen LogP contribution in [-0.4, -0.2) is 61.0 Å². The van der Waals surface area contributed by atoms with Crippen molar-refractivity contribution >= 4 is 17.3 Å².